The van der Waals surface area contributed by atoms with E-state index in [-0.39, 0.29) is 18.3 Å². The van der Waals surface area contributed by atoms with E-state index in [1.807, 2.05) is 54.6 Å². The average Bonchev–Trinajstić information content (AvgIpc) is 2.85. The highest BCUT2D eigenvalue weighted by Crippen LogP contribution is 2.28. The number of benzene rings is 3. The molecule has 3 aromatic carbocycles. The van der Waals surface area contributed by atoms with E-state index in [0.29, 0.717) is 38.6 Å². The first kappa shape index (κ1) is 22.3. The summed E-state index contributed by atoms with van der Waals surface area (Å²) in [6, 6.07) is 30.4. The van der Waals surface area contributed by atoms with Crippen LogP contribution in [0.5, 0.6) is 0 Å². The van der Waals surface area contributed by atoms with Gasteiger partial charge < -0.3 is 18.9 Å². The zero-order valence-corrected chi connectivity index (χ0v) is 18.3. The molecule has 0 spiro atoms. The molecule has 166 valence electrons. The quantitative estimate of drug-likeness (QED) is 0.415. The van der Waals surface area contributed by atoms with Gasteiger partial charge in [0.15, 0.2) is 0 Å². The summed E-state index contributed by atoms with van der Waals surface area (Å²) >= 11 is 0. The van der Waals surface area contributed by atoms with Crippen LogP contribution in [-0.2, 0) is 38.8 Å². The van der Waals surface area contributed by atoms with Crippen LogP contribution < -0.4 is 0 Å². The molecule has 3 aromatic rings. The van der Waals surface area contributed by atoms with Crippen molar-refractivity contribution in [1.82, 2.24) is 0 Å². The molecule has 0 bridgehead atoms. The summed E-state index contributed by atoms with van der Waals surface area (Å²) in [4.78, 5) is 0. The van der Waals surface area contributed by atoms with Gasteiger partial charge in [0.1, 0.15) is 18.0 Å². The van der Waals surface area contributed by atoms with Gasteiger partial charge in [0.2, 0.25) is 0 Å². The SMILES string of the molecule is C=C1O[C@H](COCc2ccccc2)[C@@H](OCc2ccccc2)C[C@H]1OCc1ccccc1. The number of rotatable bonds is 10. The first-order valence-electron chi connectivity index (χ1n) is 11.1. The summed E-state index contributed by atoms with van der Waals surface area (Å²) < 4.78 is 24.6. The molecule has 0 N–H and O–H groups in total. The third kappa shape index (κ3) is 6.54. The Labute approximate surface area is 190 Å². The zero-order valence-electron chi connectivity index (χ0n) is 18.3. The molecule has 4 heteroatoms. The Morgan fingerprint density at radius 1 is 0.688 bits per heavy atom. The Bertz CT molecular complexity index is 943. The standard InChI is InChI=1S/C28H30O4/c1-22-26(30-19-24-13-7-3-8-14-24)17-27(31-20-25-15-9-4-10-16-25)28(32-22)21-29-18-23-11-5-2-6-12-23/h2-16,26-28H,1,17-21H2/t26-,27+,28-/m1/s1. The van der Waals surface area contributed by atoms with Gasteiger partial charge in [-0.1, -0.05) is 97.6 Å². The first-order chi connectivity index (χ1) is 15.8. The fourth-order valence-corrected chi connectivity index (χ4v) is 3.73. The predicted molar refractivity (Wildman–Crippen MR) is 125 cm³/mol. The van der Waals surface area contributed by atoms with Crippen molar-refractivity contribution in [3.63, 3.8) is 0 Å². The molecule has 0 unspecified atom stereocenters. The molecule has 3 atom stereocenters. The van der Waals surface area contributed by atoms with Gasteiger partial charge in [-0.05, 0) is 16.7 Å². The van der Waals surface area contributed by atoms with Crippen molar-refractivity contribution in [2.24, 2.45) is 0 Å². The molecule has 1 aliphatic heterocycles. The van der Waals surface area contributed by atoms with Crippen molar-refractivity contribution < 1.29 is 18.9 Å². The van der Waals surface area contributed by atoms with E-state index in [2.05, 4.69) is 43.0 Å². The normalized spacial score (nSPS) is 20.6. The molecule has 1 heterocycles. The molecule has 0 amide bonds. The van der Waals surface area contributed by atoms with Gasteiger partial charge in [-0.3, -0.25) is 0 Å². The second kappa shape index (κ2) is 11.6. The highest BCUT2D eigenvalue weighted by Gasteiger charge is 2.36. The minimum Gasteiger partial charge on any atom is -0.487 e. The minimum absolute atomic E-state index is 0.155. The summed E-state index contributed by atoms with van der Waals surface area (Å²) in [6.07, 6.45) is 0.0721. The van der Waals surface area contributed by atoms with E-state index in [0.717, 1.165) is 16.7 Å². The second-order valence-electron chi connectivity index (χ2n) is 7.98. The molecule has 0 radical (unpaired) electrons. The smallest absolute Gasteiger partial charge is 0.148 e. The average molecular weight is 431 g/mol. The maximum Gasteiger partial charge on any atom is 0.148 e. The second-order valence-corrected chi connectivity index (χ2v) is 7.98. The van der Waals surface area contributed by atoms with Crippen molar-refractivity contribution >= 4 is 0 Å². The van der Waals surface area contributed by atoms with Gasteiger partial charge in [0.05, 0.1) is 32.5 Å². The maximum atomic E-state index is 6.29. The van der Waals surface area contributed by atoms with Gasteiger partial charge in [-0.2, -0.15) is 0 Å². The van der Waals surface area contributed by atoms with Crippen molar-refractivity contribution in [3.05, 3.63) is 120 Å². The lowest BCUT2D eigenvalue weighted by Gasteiger charge is -2.37. The predicted octanol–water partition coefficient (Wildman–Crippen LogP) is 5.68. The summed E-state index contributed by atoms with van der Waals surface area (Å²) in [5, 5.41) is 0. The molecular formula is C28H30O4. The minimum atomic E-state index is -0.230. The van der Waals surface area contributed by atoms with E-state index >= 15 is 0 Å². The van der Waals surface area contributed by atoms with E-state index in [4.69, 9.17) is 18.9 Å². The van der Waals surface area contributed by atoms with Crippen LogP contribution in [0.4, 0.5) is 0 Å². The molecule has 1 fully saturated rings. The van der Waals surface area contributed by atoms with Gasteiger partial charge in [-0.15, -0.1) is 0 Å². The van der Waals surface area contributed by atoms with Gasteiger partial charge in [0.25, 0.3) is 0 Å². The van der Waals surface area contributed by atoms with Crippen LogP contribution in [0.3, 0.4) is 0 Å². The van der Waals surface area contributed by atoms with Crippen LogP contribution in [0.15, 0.2) is 103 Å². The number of ether oxygens (including phenoxy) is 4. The first-order valence-corrected chi connectivity index (χ1v) is 11.1. The van der Waals surface area contributed by atoms with Crippen LogP contribution in [0.1, 0.15) is 23.1 Å². The highest BCUT2D eigenvalue weighted by molar-refractivity contribution is 5.15. The summed E-state index contributed by atoms with van der Waals surface area (Å²) in [5.74, 6) is 0.633. The van der Waals surface area contributed by atoms with Crippen LogP contribution in [0.25, 0.3) is 0 Å². The molecule has 4 nitrogen and oxygen atoms in total. The Kier molecular flexibility index (Phi) is 8.10. The molecule has 1 aliphatic rings. The van der Waals surface area contributed by atoms with Crippen LogP contribution in [-0.4, -0.2) is 24.9 Å². The number of hydrogen-bond donors (Lipinski definition) is 0. The zero-order chi connectivity index (χ0) is 22.0. The molecule has 0 aromatic heterocycles. The van der Waals surface area contributed by atoms with Crippen molar-refractivity contribution in [1.29, 1.82) is 0 Å². The van der Waals surface area contributed by atoms with E-state index in [1.165, 1.54) is 0 Å². The van der Waals surface area contributed by atoms with Crippen LogP contribution in [0.2, 0.25) is 0 Å². The lowest BCUT2D eigenvalue weighted by atomic mass is 10.0. The Morgan fingerprint density at radius 3 is 1.75 bits per heavy atom. The monoisotopic (exact) mass is 430 g/mol. The van der Waals surface area contributed by atoms with Crippen molar-refractivity contribution in [2.75, 3.05) is 6.61 Å². The largest absolute Gasteiger partial charge is 0.487 e. The van der Waals surface area contributed by atoms with Crippen molar-refractivity contribution in [3.8, 4) is 0 Å². The van der Waals surface area contributed by atoms with Crippen molar-refractivity contribution in [2.45, 2.75) is 44.6 Å². The highest BCUT2D eigenvalue weighted by atomic mass is 16.6. The topological polar surface area (TPSA) is 36.9 Å². The molecule has 4 rings (SSSR count). The third-order valence-corrected chi connectivity index (χ3v) is 5.52. The van der Waals surface area contributed by atoms with E-state index in [1.54, 1.807) is 0 Å². The summed E-state index contributed by atoms with van der Waals surface area (Å²) in [6.45, 7) is 6.11. The van der Waals surface area contributed by atoms with Gasteiger partial charge in [-0.25, -0.2) is 0 Å². The molecular weight excluding hydrogens is 400 g/mol. The van der Waals surface area contributed by atoms with Gasteiger partial charge >= 0.3 is 0 Å². The van der Waals surface area contributed by atoms with Gasteiger partial charge in [0, 0.05) is 6.42 Å². The maximum absolute atomic E-state index is 6.29. The summed E-state index contributed by atoms with van der Waals surface area (Å²) in [5.41, 5.74) is 3.38. The fourth-order valence-electron chi connectivity index (χ4n) is 3.73. The van der Waals surface area contributed by atoms with Crippen LogP contribution in [0, 0.1) is 0 Å². The lowest BCUT2D eigenvalue weighted by molar-refractivity contribution is -0.151. The third-order valence-electron chi connectivity index (χ3n) is 5.52. The Balaban J connectivity index is 1.36. The Hall–Kier alpha value is -2.92. The molecule has 32 heavy (non-hydrogen) atoms. The number of hydrogen-bond acceptors (Lipinski definition) is 4. The lowest BCUT2D eigenvalue weighted by Crippen LogP contribution is -2.44. The molecule has 1 saturated heterocycles. The molecule has 0 saturated carbocycles. The van der Waals surface area contributed by atoms with E-state index < -0.39 is 0 Å². The van der Waals surface area contributed by atoms with Crippen LogP contribution >= 0.6 is 0 Å². The Morgan fingerprint density at radius 2 is 1.19 bits per heavy atom. The fraction of sp³-hybridized carbons (Fsp3) is 0.286. The van der Waals surface area contributed by atoms with E-state index in [9.17, 15) is 0 Å². The molecule has 0 aliphatic carbocycles. The summed E-state index contributed by atoms with van der Waals surface area (Å²) in [7, 11) is 0.